The fourth-order valence-electron chi connectivity index (χ4n) is 2.83. The third kappa shape index (κ3) is 4.86. The topological polar surface area (TPSA) is 70.4 Å². The van der Waals surface area contributed by atoms with Gasteiger partial charge in [0.05, 0.1) is 12.5 Å². The van der Waals surface area contributed by atoms with Gasteiger partial charge in [0.15, 0.2) is 5.82 Å². The molecule has 1 aromatic carbocycles. The molecule has 2 N–H and O–H groups in total. The molecule has 0 aliphatic rings. The molecule has 0 spiro atoms. The average Bonchev–Trinajstić information content (AvgIpc) is 3.00. The summed E-state index contributed by atoms with van der Waals surface area (Å²) in [6.45, 7) is 0.391. The Hall–Kier alpha value is -2.39. The number of alkyl halides is 3. The van der Waals surface area contributed by atoms with Crippen molar-refractivity contribution in [1.29, 1.82) is 0 Å². The number of rotatable bonds is 7. The summed E-state index contributed by atoms with van der Waals surface area (Å²) in [4.78, 5) is 17.9. The number of carbonyl (C=O) groups excluding carboxylic acids is 1. The molecule has 0 aliphatic heterocycles. The Morgan fingerprint density at radius 1 is 1.30 bits per heavy atom. The summed E-state index contributed by atoms with van der Waals surface area (Å²) in [6, 6.07) is 8.41. The van der Waals surface area contributed by atoms with Crippen LogP contribution in [-0.2, 0) is 17.4 Å². The number of aliphatic hydroxyl groups is 1. The van der Waals surface area contributed by atoms with Gasteiger partial charge in [-0.2, -0.15) is 13.2 Å². The SMILES string of the molecule is CN(C)CC(NC(=O)CC(O)(c1nccn1C)C(F)(F)F)c1ccccc1. The molecule has 0 saturated heterocycles. The molecule has 0 saturated carbocycles. The second-order valence-corrected chi connectivity index (χ2v) is 6.69. The number of amides is 1. The van der Waals surface area contributed by atoms with Crippen LogP contribution in [0.25, 0.3) is 0 Å². The predicted molar refractivity (Wildman–Crippen MR) is 93.7 cm³/mol. The molecule has 2 atom stereocenters. The summed E-state index contributed by atoms with van der Waals surface area (Å²) < 4.78 is 41.8. The van der Waals surface area contributed by atoms with Crippen molar-refractivity contribution >= 4 is 5.91 Å². The van der Waals surface area contributed by atoms with Gasteiger partial charge in [0.1, 0.15) is 0 Å². The Bertz CT molecular complexity index is 761. The number of nitrogens with zero attached hydrogens (tertiary/aromatic N) is 3. The molecule has 27 heavy (non-hydrogen) atoms. The van der Waals surface area contributed by atoms with Crippen LogP contribution in [0.2, 0.25) is 0 Å². The zero-order valence-corrected chi connectivity index (χ0v) is 15.4. The van der Waals surface area contributed by atoms with E-state index in [4.69, 9.17) is 0 Å². The smallest absolute Gasteiger partial charge is 0.374 e. The third-order valence-corrected chi connectivity index (χ3v) is 4.16. The van der Waals surface area contributed by atoms with E-state index in [1.165, 1.54) is 13.2 Å². The van der Waals surface area contributed by atoms with Crippen LogP contribution < -0.4 is 5.32 Å². The maximum atomic E-state index is 13.6. The van der Waals surface area contributed by atoms with Crippen LogP contribution in [0, 0.1) is 0 Å². The fourth-order valence-corrected chi connectivity index (χ4v) is 2.83. The predicted octanol–water partition coefficient (Wildman–Crippen LogP) is 1.98. The molecule has 2 aromatic rings. The van der Waals surface area contributed by atoms with E-state index in [-0.39, 0.29) is 0 Å². The minimum atomic E-state index is -5.06. The van der Waals surface area contributed by atoms with E-state index in [0.717, 1.165) is 16.3 Å². The summed E-state index contributed by atoms with van der Waals surface area (Å²) in [6.07, 6.45) is -3.82. The van der Waals surface area contributed by atoms with Gasteiger partial charge in [-0.1, -0.05) is 30.3 Å². The summed E-state index contributed by atoms with van der Waals surface area (Å²) in [5, 5.41) is 12.9. The number of carbonyl (C=O) groups is 1. The average molecular weight is 384 g/mol. The lowest BCUT2D eigenvalue weighted by Crippen LogP contribution is -2.48. The number of imidazole rings is 1. The molecule has 9 heteroatoms. The minimum Gasteiger partial charge on any atom is -0.374 e. The Kier molecular flexibility index (Phi) is 6.27. The summed E-state index contributed by atoms with van der Waals surface area (Å²) in [7, 11) is 4.92. The Balaban J connectivity index is 2.25. The van der Waals surface area contributed by atoms with Crippen molar-refractivity contribution in [3.63, 3.8) is 0 Å². The molecule has 0 bridgehead atoms. The monoisotopic (exact) mass is 384 g/mol. The summed E-state index contributed by atoms with van der Waals surface area (Å²) in [5.41, 5.74) is -2.62. The number of halogens is 3. The molecule has 1 amide bonds. The van der Waals surface area contributed by atoms with Crippen molar-refractivity contribution in [3.05, 3.63) is 54.1 Å². The Morgan fingerprint density at radius 2 is 1.93 bits per heavy atom. The van der Waals surface area contributed by atoms with Crippen molar-refractivity contribution in [3.8, 4) is 0 Å². The molecule has 2 rings (SSSR count). The van der Waals surface area contributed by atoms with Crippen molar-refractivity contribution in [1.82, 2.24) is 19.8 Å². The molecule has 0 fully saturated rings. The maximum absolute atomic E-state index is 13.6. The van der Waals surface area contributed by atoms with Crippen LogP contribution in [0.5, 0.6) is 0 Å². The zero-order chi connectivity index (χ0) is 20.2. The van der Waals surface area contributed by atoms with Crippen LogP contribution in [0.4, 0.5) is 13.2 Å². The van der Waals surface area contributed by atoms with Crippen LogP contribution >= 0.6 is 0 Å². The highest BCUT2D eigenvalue weighted by molar-refractivity contribution is 5.78. The van der Waals surface area contributed by atoms with Crippen LogP contribution in [0.1, 0.15) is 23.9 Å². The van der Waals surface area contributed by atoms with Gasteiger partial charge in [0.25, 0.3) is 0 Å². The van der Waals surface area contributed by atoms with Crippen LogP contribution in [0.15, 0.2) is 42.7 Å². The number of hydrogen-bond acceptors (Lipinski definition) is 4. The number of benzene rings is 1. The molecule has 2 unspecified atom stereocenters. The van der Waals surface area contributed by atoms with Gasteiger partial charge < -0.3 is 19.9 Å². The first-order valence-electron chi connectivity index (χ1n) is 8.30. The van der Waals surface area contributed by atoms with E-state index in [1.54, 1.807) is 38.4 Å². The number of aromatic nitrogens is 2. The Morgan fingerprint density at radius 3 is 2.41 bits per heavy atom. The molecule has 0 radical (unpaired) electrons. The lowest BCUT2D eigenvalue weighted by Gasteiger charge is -2.30. The summed E-state index contributed by atoms with van der Waals surface area (Å²) >= 11 is 0. The standard InChI is InChI=1S/C18H23F3N4O2/c1-24(2)12-14(13-7-5-4-6-8-13)23-15(26)11-17(27,18(19,20)21)16-22-9-10-25(16)3/h4-10,14,27H,11-12H2,1-3H3,(H,23,26). The lowest BCUT2D eigenvalue weighted by molar-refractivity contribution is -0.271. The van der Waals surface area contributed by atoms with Gasteiger partial charge >= 0.3 is 6.18 Å². The lowest BCUT2D eigenvalue weighted by atomic mass is 9.96. The van der Waals surface area contributed by atoms with Crippen molar-refractivity contribution in [2.24, 2.45) is 7.05 Å². The Labute approximate surface area is 155 Å². The highest BCUT2D eigenvalue weighted by Crippen LogP contribution is 2.40. The largest absolute Gasteiger partial charge is 0.425 e. The van der Waals surface area contributed by atoms with Gasteiger partial charge in [-0.05, 0) is 19.7 Å². The number of aryl methyl sites for hydroxylation is 1. The van der Waals surface area contributed by atoms with Crippen LogP contribution in [-0.4, -0.2) is 52.3 Å². The van der Waals surface area contributed by atoms with Gasteiger partial charge in [-0.25, -0.2) is 4.98 Å². The molecular weight excluding hydrogens is 361 g/mol. The second kappa shape index (κ2) is 8.10. The van der Waals surface area contributed by atoms with Crippen molar-refractivity contribution in [2.75, 3.05) is 20.6 Å². The normalized spacial score (nSPS) is 15.4. The molecule has 1 heterocycles. The number of hydrogen-bond donors (Lipinski definition) is 2. The fraction of sp³-hybridized carbons (Fsp3) is 0.444. The van der Waals surface area contributed by atoms with E-state index < -0.39 is 36.0 Å². The van der Waals surface area contributed by atoms with E-state index in [9.17, 15) is 23.1 Å². The number of likely N-dealkylation sites (N-methyl/N-ethyl adjacent to an activating group) is 1. The molecule has 1 aromatic heterocycles. The van der Waals surface area contributed by atoms with Crippen molar-refractivity contribution < 1.29 is 23.1 Å². The first-order valence-corrected chi connectivity index (χ1v) is 8.30. The van der Waals surface area contributed by atoms with E-state index in [2.05, 4.69) is 10.3 Å². The van der Waals surface area contributed by atoms with E-state index in [1.807, 2.05) is 11.0 Å². The highest BCUT2D eigenvalue weighted by Gasteiger charge is 2.58. The first kappa shape index (κ1) is 20.9. The third-order valence-electron chi connectivity index (χ3n) is 4.16. The zero-order valence-electron chi connectivity index (χ0n) is 15.4. The first-order chi connectivity index (χ1) is 12.5. The highest BCUT2D eigenvalue weighted by atomic mass is 19.4. The molecule has 148 valence electrons. The van der Waals surface area contributed by atoms with Crippen LogP contribution in [0.3, 0.4) is 0 Å². The number of nitrogens with one attached hydrogen (secondary N) is 1. The maximum Gasteiger partial charge on any atom is 0.425 e. The van der Waals surface area contributed by atoms with Gasteiger partial charge in [-0.3, -0.25) is 4.79 Å². The van der Waals surface area contributed by atoms with Gasteiger partial charge in [0, 0.05) is 26.0 Å². The van der Waals surface area contributed by atoms with E-state index >= 15 is 0 Å². The molecule has 6 nitrogen and oxygen atoms in total. The van der Waals surface area contributed by atoms with Gasteiger partial charge in [0.2, 0.25) is 11.5 Å². The van der Waals surface area contributed by atoms with E-state index in [0.29, 0.717) is 6.54 Å². The summed E-state index contributed by atoms with van der Waals surface area (Å²) in [5.74, 6) is -1.55. The molecule has 0 aliphatic carbocycles. The van der Waals surface area contributed by atoms with Gasteiger partial charge in [-0.15, -0.1) is 0 Å². The molecular formula is C18H23F3N4O2. The second-order valence-electron chi connectivity index (χ2n) is 6.69. The minimum absolute atomic E-state index is 0.391. The quantitative estimate of drug-likeness (QED) is 0.766. The van der Waals surface area contributed by atoms with Crippen molar-refractivity contribution in [2.45, 2.75) is 24.2 Å².